The average Bonchev–Trinajstić information content (AvgIpc) is 2.69. The molecule has 1 aromatic carbocycles. The van der Waals surface area contributed by atoms with E-state index in [0.717, 1.165) is 11.3 Å². The van der Waals surface area contributed by atoms with E-state index < -0.39 is 6.10 Å². The van der Waals surface area contributed by atoms with E-state index in [1.807, 2.05) is 24.3 Å². The third-order valence-electron chi connectivity index (χ3n) is 3.39. The van der Waals surface area contributed by atoms with Crippen LogP contribution in [0.15, 0.2) is 24.3 Å². The number of benzene rings is 1. The molecule has 18 heavy (non-hydrogen) atoms. The van der Waals surface area contributed by atoms with Gasteiger partial charge >= 0.3 is 0 Å². The van der Waals surface area contributed by atoms with Gasteiger partial charge in [-0.1, -0.05) is 12.1 Å². The van der Waals surface area contributed by atoms with Crippen molar-refractivity contribution in [1.82, 2.24) is 0 Å². The molecule has 0 saturated heterocycles. The van der Waals surface area contributed by atoms with Crippen LogP contribution < -0.4 is 4.74 Å². The molecule has 2 rings (SSSR count). The Morgan fingerprint density at radius 2 is 1.89 bits per heavy atom. The summed E-state index contributed by atoms with van der Waals surface area (Å²) in [6.07, 6.45) is 0.283. The number of hydrogen-bond acceptors (Lipinski definition) is 4. The maximum Gasteiger partial charge on any atom is 0.118 e. The minimum atomic E-state index is -0.434. The molecule has 4 heteroatoms. The summed E-state index contributed by atoms with van der Waals surface area (Å²) in [6, 6.07) is 7.71. The van der Waals surface area contributed by atoms with Crippen LogP contribution in [-0.4, -0.2) is 36.1 Å². The van der Waals surface area contributed by atoms with Crippen LogP contribution in [0.2, 0.25) is 0 Å². The maximum atomic E-state index is 9.67. The molecule has 0 spiro atoms. The molecule has 2 N–H and O–H groups in total. The van der Waals surface area contributed by atoms with E-state index in [1.54, 1.807) is 7.11 Å². The molecule has 0 amide bonds. The number of ether oxygens (including phenoxy) is 2. The van der Waals surface area contributed by atoms with Crippen molar-refractivity contribution in [2.75, 3.05) is 13.7 Å². The predicted molar refractivity (Wildman–Crippen MR) is 67.4 cm³/mol. The van der Waals surface area contributed by atoms with Crippen molar-refractivity contribution in [3.05, 3.63) is 29.8 Å². The molecular weight excluding hydrogens is 232 g/mol. The highest BCUT2D eigenvalue weighted by Gasteiger charge is 2.31. The molecule has 0 heterocycles. The maximum absolute atomic E-state index is 9.67. The molecule has 0 unspecified atom stereocenters. The Hall–Kier alpha value is -1.10. The second-order valence-electron chi connectivity index (χ2n) is 4.82. The first kappa shape index (κ1) is 13.3. The fourth-order valence-electron chi connectivity index (χ4n) is 2.30. The van der Waals surface area contributed by atoms with Gasteiger partial charge in [0.25, 0.3) is 0 Å². The summed E-state index contributed by atoms with van der Waals surface area (Å²) in [5, 5.41) is 19.1. The largest absolute Gasteiger partial charge is 0.497 e. The molecule has 100 valence electrons. The van der Waals surface area contributed by atoms with E-state index in [-0.39, 0.29) is 12.0 Å². The van der Waals surface area contributed by atoms with Gasteiger partial charge in [-0.15, -0.1) is 0 Å². The lowest BCUT2D eigenvalue weighted by atomic mass is 10.1. The molecule has 0 aliphatic heterocycles. The van der Waals surface area contributed by atoms with Crippen LogP contribution in [0.1, 0.15) is 18.4 Å². The Bertz CT molecular complexity index is 363. The second-order valence-corrected chi connectivity index (χ2v) is 4.82. The summed E-state index contributed by atoms with van der Waals surface area (Å²) in [5.74, 6) is 0.881. The van der Waals surface area contributed by atoms with Crippen LogP contribution >= 0.6 is 0 Å². The van der Waals surface area contributed by atoms with Crippen LogP contribution in [0.5, 0.6) is 5.75 Å². The van der Waals surface area contributed by atoms with Gasteiger partial charge in [0.05, 0.1) is 32.5 Å². The van der Waals surface area contributed by atoms with Gasteiger partial charge in [0.1, 0.15) is 5.75 Å². The number of hydrogen-bond donors (Lipinski definition) is 2. The summed E-state index contributed by atoms with van der Waals surface area (Å²) in [4.78, 5) is 0. The van der Waals surface area contributed by atoms with E-state index in [0.29, 0.717) is 26.1 Å². The molecule has 3 atom stereocenters. The molecular formula is C14H20O4. The van der Waals surface area contributed by atoms with Gasteiger partial charge in [0, 0.05) is 5.92 Å². The lowest BCUT2D eigenvalue weighted by molar-refractivity contribution is 0.0367. The zero-order valence-electron chi connectivity index (χ0n) is 10.6. The monoisotopic (exact) mass is 252 g/mol. The van der Waals surface area contributed by atoms with E-state index in [4.69, 9.17) is 9.47 Å². The summed E-state index contributed by atoms with van der Waals surface area (Å²) in [7, 11) is 1.64. The second kappa shape index (κ2) is 6.18. The average molecular weight is 252 g/mol. The van der Waals surface area contributed by atoms with E-state index in [2.05, 4.69) is 0 Å². The Morgan fingerprint density at radius 3 is 2.44 bits per heavy atom. The van der Waals surface area contributed by atoms with E-state index in [9.17, 15) is 10.2 Å². The van der Waals surface area contributed by atoms with Crippen molar-refractivity contribution in [2.45, 2.75) is 31.7 Å². The predicted octanol–water partition coefficient (Wildman–Crippen LogP) is 1.34. The molecule has 1 aliphatic rings. The standard InChI is InChI=1S/C14H20O4/c1-17-13-4-2-10(3-5-13)8-18-9-11-6-12(15)7-14(11)16/h2-5,11-12,14-16H,6-9H2,1H3/t11-,12+,14-/m1/s1. The van der Waals surface area contributed by atoms with Gasteiger partial charge < -0.3 is 19.7 Å². The van der Waals surface area contributed by atoms with Gasteiger partial charge in [-0.05, 0) is 30.5 Å². The van der Waals surface area contributed by atoms with Gasteiger partial charge in [0.2, 0.25) is 0 Å². The Morgan fingerprint density at radius 1 is 1.17 bits per heavy atom. The summed E-state index contributed by atoms with van der Waals surface area (Å²) in [5.41, 5.74) is 1.07. The minimum Gasteiger partial charge on any atom is -0.497 e. The highest BCUT2D eigenvalue weighted by atomic mass is 16.5. The number of aliphatic hydroxyl groups is 2. The summed E-state index contributed by atoms with van der Waals surface area (Å²) in [6.45, 7) is 1.01. The van der Waals surface area contributed by atoms with Crippen LogP contribution in [0.3, 0.4) is 0 Å². The minimum absolute atomic E-state index is 0.0539. The molecule has 0 radical (unpaired) electrons. The van der Waals surface area contributed by atoms with Crippen molar-refractivity contribution in [2.24, 2.45) is 5.92 Å². The third-order valence-corrected chi connectivity index (χ3v) is 3.39. The van der Waals surface area contributed by atoms with Gasteiger partial charge in [-0.2, -0.15) is 0 Å². The Labute approximate surface area is 107 Å². The Balaban J connectivity index is 1.74. The highest BCUT2D eigenvalue weighted by Crippen LogP contribution is 2.26. The van der Waals surface area contributed by atoms with Crippen molar-refractivity contribution in [1.29, 1.82) is 0 Å². The first-order valence-electron chi connectivity index (χ1n) is 6.26. The van der Waals surface area contributed by atoms with Gasteiger partial charge in [0.15, 0.2) is 0 Å². The smallest absolute Gasteiger partial charge is 0.118 e. The summed E-state index contributed by atoms with van der Waals surface area (Å²) >= 11 is 0. The van der Waals surface area contributed by atoms with Crippen LogP contribution in [0.4, 0.5) is 0 Å². The van der Waals surface area contributed by atoms with E-state index in [1.165, 1.54) is 0 Å². The first-order chi connectivity index (χ1) is 8.69. The zero-order chi connectivity index (χ0) is 13.0. The Kier molecular flexibility index (Phi) is 4.58. The summed E-state index contributed by atoms with van der Waals surface area (Å²) < 4.78 is 10.7. The van der Waals surface area contributed by atoms with Crippen LogP contribution in [0, 0.1) is 5.92 Å². The quantitative estimate of drug-likeness (QED) is 0.830. The number of methoxy groups -OCH3 is 1. The molecule has 1 aromatic rings. The van der Waals surface area contributed by atoms with Gasteiger partial charge in [-0.3, -0.25) is 0 Å². The highest BCUT2D eigenvalue weighted by molar-refractivity contribution is 5.26. The zero-order valence-corrected chi connectivity index (χ0v) is 10.6. The van der Waals surface area contributed by atoms with Crippen molar-refractivity contribution < 1.29 is 19.7 Å². The number of aliphatic hydroxyl groups excluding tert-OH is 2. The van der Waals surface area contributed by atoms with Crippen molar-refractivity contribution >= 4 is 0 Å². The molecule has 0 aromatic heterocycles. The van der Waals surface area contributed by atoms with Crippen LogP contribution in [0.25, 0.3) is 0 Å². The molecule has 0 bridgehead atoms. The molecule has 1 aliphatic carbocycles. The molecule has 1 fully saturated rings. The SMILES string of the molecule is COc1ccc(COC[C@H]2C[C@H](O)C[C@H]2O)cc1. The normalized spacial score (nSPS) is 27.4. The topological polar surface area (TPSA) is 58.9 Å². The van der Waals surface area contributed by atoms with Crippen LogP contribution in [-0.2, 0) is 11.3 Å². The fourth-order valence-corrected chi connectivity index (χ4v) is 2.30. The number of rotatable bonds is 5. The van der Waals surface area contributed by atoms with Crippen molar-refractivity contribution in [3.63, 3.8) is 0 Å². The molecule has 4 nitrogen and oxygen atoms in total. The lowest BCUT2D eigenvalue weighted by Crippen LogP contribution is -2.18. The van der Waals surface area contributed by atoms with E-state index >= 15 is 0 Å². The lowest BCUT2D eigenvalue weighted by Gasteiger charge is -2.14. The first-order valence-corrected chi connectivity index (χ1v) is 6.26. The third kappa shape index (κ3) is 3.45. The van der Waals surface area contributed by atoms with Crippen molar-refractivity contribution in [3.8, 4) is 5.75 Å². The van der Waals surface area contributed by atoms with Gasteiger partial charge in [-0.25, -0.2) is 0 Å². The molecule has 1 saturated carbocycles. The fraction of sp³-hybridized carbons (Fsp3) is 0.571.